The lowest BCUT2D eigenvalue weighted by Gasteiger charge is -2.16. The topological polar surface area (TPSA) is 102 Å². The molecule has 0 aliphatic carbocycles. The fourth-order valence-electron chi connectivity index (χ4n) is 3.68. The fourth-order valence-corrected chi connectivity index (χ4v) is 3.77. The number of aliphatic hydroxyl groups excluding tert-OH is 1. The zero-order chi connectivity index (χ0) is 24.5. The highest BCUT2D eigenvalue weighted by Crippen LogP contribution is 2.32. The Bertz CT molecular complexity index is 1320. The van der Waals surface area contributed by atoms with E-state index in [2.05, 4.69) is 25.2 Å². The second-order valence-corrected chi connectivity index (χ2v) is 8.03. The number of nitrogens with zero attached hydrogens (tertiary/aromatic N) is 4. The molecule has 0 bridgehead atoms. The van der Waals surface area contributed by atoms with Crippen molar-refractivity contribution in [3.05, 3.63) is 66.1 Å². The molecule has 0 aliphatic rings. The number of ether oxygens (including phenoxy) is 1. The molecule has 176 valence electrons. The molecule has 0 fully saturated rings. The molecule has 4 rings (SSSR count). The van der Waals surface area contributed by atoms with E-state index in [9.17, 15) is 18.7 Å². The van der Waals surface area contributed by atoms with Gasteiger partial charge in [0.25, 0.3) is 5.91 Å². The molecule has 2 aromatic carbocycles. The second kappa shape index (κ2) is 9.32. The van der Waals surface area contributed by atoms with E-state index in [0.717, 1.165) is 5.52 Å². The van der Waals surface area contributed by atoms with Crippen molar-refractivity contribution in [1.82, 2.24) is 19.7 Å². The molecule has 2 N–H and O–H groups in total. The number of benzene rings is 2. The SMILES string of the molecule is Cc1nc2cc(C(=O)Nc3ccc(OC(F)(F)Cl)cc3)cc(-c3cccnn3)c2n1[C@H](C)CO. The van der Waals surface area contributed by atoms with E-state index in [1.165, 1.54) is 24.3 Å². The maximum absolute atomic E-state index is 13.0. The van der Waals surface area contributed by atoms with Crippen LogP contribution in [0.1, 0.15) is 29.1 Å². The lowest BCUT2D eigenvalue weighted by atomic mass is 10.0. The predicted molar refractivity (Wildman–Crippen MR) is 123 cm³/mol. The van der Waals surface area contributed by atoms with Crippen molar-refractivity contribution in [3.8, 4) is 17.0 Å². The second-order valence-electron chi connectivity index (χ2n) is 7.59. The normalized spacial score (nSPS) is 12.5. The quantitative estimate of drug-likeness (QED) is 0.364. The summed E-state index contributed by atoms with van der Waals surface area (Å²) in [4.78, 5) is 17.6. The van der Waals surface area contributed by atoms with Crippen LogP contribution in [-0.4, -0.2) is 42.9 Å². The third kappa shape index (κ3) is 4.97. The van der Waals surface area contributed by atoms with Gasteiger partial charge in [0.15, 0.2) is 0 Å². The molecule has 0 radical (unpaired) electrons. The summed E-state index contributed by atoms with van der Waals surface area (Å²) in [5.74, 6) is 0.0834. The lowest BCUT2D eigenvalue weighted by Crippen LogP contribution is -2.16. The third-order valence-electron chi connectivity index (χ3n) is 5.12. The van der Waals surface area contributed by atoms with Crippen molar-refractivity contribution < 1.29 is 23.4 Å². The number of fused-ring (bicyclic) bond motifs is 1. The van der Waals surface area contributed by atoms with Crippen molar-refractivity contribution >= 4 is 34.2 Å². The number of amides is 1. The molecule has 0 aliphatic heterocycles. The van der Waals surface area contributed by atoms with Crippen molar-refractivity contribution in [2.45, 2.75) is 25.5 Å². The molecule has 1 amide bonds. The number of rotatable bonds is 7. The van der Waals surface area contributed by atoms with Gasteiger partial charge in [-0.15, -0.1) is 8.78 Å². The van der Waals surface area contributed by atoms with E-state index in [0.29, 0.717) is 33.8 Å². The van der Waals surface area contributed by atoms with Gasteiger partial charge in [0, 0.05) is 34.6 Å². The number of nitrogens with one attached hydrogen (secondary N) is 1. The lowest BCUT2D eigenvalue weighted by molar-refractivity contribution is -0.0964. The number of aromatic nitrogens is 4. The predicted octanol–water partition coefficient (Wildman–Crippen LogP) is 4.78. The zero-order valence-corrected chi connectivity index (χ0v) is 18.9. The number of alkyl halides is 3. The number of aliphatic hydroxyl groups is 1. The number of hydrogen-bond acceptors (Lipinski definition) is 6. The van der Waals surface area contributed by atoms with Crippen LogP contribution in [0.5, 0.6) is 5.75 Å². The Labute approximate surface area is 198 Å². The Hall–Kier alpha value is -3.63. The van der Waals surface area contributed by atoms with Crippen LogP contribution in [-0.2, 0) is 0 Å². The molecule has 2 heterocycles. The van der Waals surface area contributed by atoms with Crippen LogP contribution in [0.4, 0.5) is 14.5 Å². The molecule has 2 aromatic heterocycles. The van der Waals surface area contributed by atoms with Gasteiger partial charge >= 0.3 is 5.57 Å². The van der Waals surface area contributed by atoms with Crippen LogP contribution >= 0.6 is 11.6 Å². The van der Waals surface area contributed by atoms with Crippen LogP contribution < -0.4 is 10.1 Å². The summed E-state index contributed by atoms with van der Waals surface area (Å²) >= 11 is 4.77. The first-order chi connectivity index (χ1) is 16.2. The maximum atomic E-state index is 13.0. The average molecular weight is 488 g/mol. The zero-order valence-electron chi connectivity index (χ0n) is 18.2. The van der Waals surface area contributed by atoms with Crippen LogP contribution in [0.15, 0.2) is 54.7 Å². The van der Waals surface area contributed by atoms with Gasteiger partial charge in [0.05, 0.1) is 29.4 Å². The van der Waals surface area contributed by atoms with Crippen molar-refractivity contribution in [1.29, 1.82) is 0 Å². The number of anilines is 1. The van der Waals surface area contributed by atoms with Gasteiger partial charge in [0.1, 0.15) is 11.6 Å². The van der Waals surface area contributed by atoms with Gasteiger partial charge in [-0.3, -0.25) is 4.79 Å². The molecule has 0 unspecified atom stereocenters. The molecule has 11 heteroatoms. The molecule has 0 spiro atoms. The van der Waals surface area contributed by atoms with E-state index >= 15 is 0 Å². The monoisotopic (exact) mass is 487 g/mol. The van der Waals surface area contributed by atoms with Crippen molar-refractivity contribution in [3.63, 3.8) is 0 Å². The van der Waals surface area contributed by atoms with Crippen LogP contribution in [0.3, 0.4) is 0 Å². The molecule has 0 saturated carbocycles. The van der Waals surface area contributed by atoms with Crippen LogP contribution in [0.2, 0.25) is 0 Å². The Kier molecular flexibility index (Phi) is 6.45. The number of aryl methyl sites for hydroxylation is 1. The standard InChI is InChI=1S/C23H20ClF2N5O3/c1-13(12-32)31-14(2)28-20-11-15(10-18(21(20)31)19-4-3-9-27-30-19)22(33)29-16-5-7-17(8-6-16)34-23(24,25)26/h3-11,13,32H,12H2,1-2H3,(H,29,33)/t13-/m1/s1. The highest BCUT2D eigenvalue weighted by molar-refractivity contribution is 6.20. The van der Waals surface area contributed by atoms with Crippen LogP contribution in [0.25, 0.3) is 22.3 Å². The summed E-state index contributed by atoms with van der Waals surface area (Å²) < 4.78 is 31.8. The highest BCUT2D eigenvalue weighted by Gasteiger charge is 2.27. The van der Waals surface area contributed by atoms with Gasteiger partial charge in [-0.05, 0) is 62.4 Å². The summed E-state index contributed by atoms with van der Waals surface area (Å²) in [6, 6.07) is 11.9. The molecule has 0 saturated heterocycles. The first-order valence-electron chi connectivity index (χ1n) is 10.2. The van der Waals surface area contributed by atoms with Crippen LogP contribution in [0, 0.1) is 6.92 Å². The molecular formula is C23H20ClF2N5O3. The summed E-state index contributed by atoms with van der Waals surface area (Å²) in [5, 5.41) is 20.6. The van der Waals surface area contributed by atoms with Crippen molar-refractivity contribution in [2.75, 3.05) is 11.9 Å². The number of hydrogen-bond donors (Lipinski definition) is 2. The number of carbonyl (C=O) groups excluding carboxylic acids is 1. The Balaban J connectivity index is 1.73. The smallest absolute Gasteiger partial charge is 0.420 e. The summed E-state index contributed by atoms with van der Waals surface area (Å²) in [6.07, 6.45) is 1.55. The third-order valence-corrected chi connectivity index (χ3v) is 5.20. The van der Waals surface area contributed by atoms with Gasteiger partial charge in [-0.1, -0.05) is 0 Å². The minimum Gasteiger partial charge on any atom is -0.420 e. The van der Waals surface area contributed by atoms with E-state index in [1.54, 1.807) is 30.5 Å². The first kappa shape index (κ1) is 23.5. The highest BCUT2D eigenvalue weighted by atomic mass is 35.5. The number of carbonyl (C=O) groups is 1. The Morgan fingerprint density at radius 3 is 2.62 bits per heavy atom. The first-order valence-corrected chi connectivity index (χ1v) is 10.6. The number of halogens is 3. The Morgan fingerprint density at radius 2 is 2.00 bits per heavy atom. The molecule has 1 atom stereocenters. The minimum absolute atomic E-state index is 0.0934. The van der Waals surface area contributed by atoms with E-state index < -0.39 is 11.5 Å². The fraction of sp³-hybridized carbons (Fsp3) is 0.217. The maximum Gasteiger partial charge on any atom is 0.487 e. The average Bonchev–Trinajstić information content (AvgIpc) is 3.14. The molecule has 8 nitrogen and oxygen atoms in total. The van der Waals surface area contributed by atoms with Gasteiger partial charge in [-0.25, -0.2) is 4.98 Å². The molecule has 34 heavy (non-hydrogen) atoms. The summed E-state index contributed by atoms with van der Waals surface area (Å²) in [5.41, 5.74) is -0.707. The van der Waals surface area contributed by atoms with Crippen molar-refractivity contribution in [2.24, 2.45) is 0 Å². The van der Waals surface area contributed by atoms with E-state index in [-0.39, 0.29) is 18.4 Å². The molecular weight excluding hydrogens is 468 g/mol. The largest absolute Gasteiger partial charge is 0.487 e. The molecule has 4 aromatic rings. The number of imidazole rings is 1. The van der Waals surface area contributed by atoms with E-state index in [1.807, 2.05) is 18.4 Å². The van der Waals surface area contributed by atoms with E-state index in [4.69, 9.17) is 11.6 Å². The van der Waals surface area contributed by atoms with Gasteiger partial charge in [-0.2, -0.15) is 10.2 Å². The minimum atomic E-state index is -3.83. The summed E-state index contributed by atoms with van der Waals surface area (Å²) in [7, 11) is 0. The van der Waals surface area contributed by atoms with Gasteiger partial charge < -0.3 is 19.7 Å². The Morgan fingerprint density at radius 1 is 1.26 bits per heavy atom. The summed E-state index contributed by atoms with van der Waals surface area (Å²) in [6.45, 7) is 3.59. The van der Waals surface area contributed by atoms with Gasteiger partial charge in [0.2, 0.25) is 0 Å².